The first kappa shape index (κ1) is 27.1. The summed E-state index contributed by atoms with van der Waals surface area (Å²) in [5.41, 5.74) is 1.47. The minimum absolute atomic E-state index is 0.0140. The third kappa shape index (κ3) is 6.40. The fraction of sp³-hybridized carbons (Fsp3) is 0.458. The predicted molar refractivity (Wildman–Crippen MR) is 133 cm³/mol. The number of aryl methyl sites for hydroxylation is 1. The molecule has 1 fully saturated rings. The summed E-state index contributed by atoms with van der Waals surface area (Å²) in [7, 11) is -6.07. The van der Waals surface area contributed by atoms with E-state index >= 15 is 0 Å². The largest absolute Gasteiger partial charge is 0.495 e. The third-order valence-corrected chi connectivity index (χ3v) is 9.83. The first-order valence-electron chi connectivity index (χ1n) is 11.6. The highest BCUT2D eigenvalue weighted by molar-refractivity contribution is 7.89. The number of piperidine rings is 1. The number of likely N-dealkylation sites (N-methyl/N-ethyl adjacent to an activating group) is 1. The Kier molecular flexibility index (Phi) is 8.92. The van der Waals surface area contributed by atoms with Gasteiger partial charge >= 0.3 is 0 Å². The Morgan fingerprint density at radius 1 is 1.03 bits per heavy atom. The standard InChI is InChI=1S/C24H33N3O6S2/c1-4-26(35(31,32)23-16-19(2)8-13-22(23)33-3)18-24(28)25-17-20-9-11-21(12-10-20)34(29,30)27-14-6-5-7-15-27/h8-13,16H,4-7,14-15,17-18H2,1-3H3,(H,25,28). The zero-order chi connectivity index (χ0) is 25.6. The molecule has 0 spiro atoms. The molecule has 0 aromatic heterocycles. The summed E-state index contributed by atoms with van der Waals surface area (Å²) in [5.74, 6) is -0.249. The average Bonchev–Trinajstić information content (AvgIpc) is 2.86. The van der Waals surface area contributed by atoms with Gasteiger partial charge in [-0.05, 0) is 55.2 Å². The molecule has 35 heavy (non-hydrogen) atoms. The van der Waals surface area contributed by atoms with Crippen LogP contribution in [-0.4, -0.2) is 64.6 Å². The maximum Gasteiger partial charge on any atom is 0.247 e. The molecule has 0 atom stereocenters. The van der Waals surface area contributed by atoms with E-state index in [0.29, 0.717) is 18.7 Å². The van der Waals surface area contributed by atoms with Crippen molar-refractivity contribution in [2.75, 3.05) is 33.3 Å². The van der Waals surface area contributed by atoms with E-state index in [-0.39, 0.29) is 35.2 Å². The normalized spacial score (nSPS) is 15.2. The Morgan fingerprint density at radius 3 is 2.29 bits per heavy atom. The highest BCUT2D eigenvalue weighted by Gasteiger charge is 2.29. The van der Waals surface area contributed by atoms with Crippen LogP contribution >= 0.6 is 0 Å². The van der Waals surface area contributed by atoms with Gasteiger partial charge in [0.05, 0.1) is 18.6 Å². The fourth-order valence-electron chi connectivity index (χ4n) is 3.94. The molecule has 2 aromatic rings. The van der Waals surface area contributed by atoms with E-state index in [1.165, 1.54) is 29.6 Å². The summed E-state index contributed by atoms with van der Waals surface area (Å²) in [6.45, 7) is 4.41. The van der Waals surface area contributed by atoms with Crippen molar-refractivity contribution in [2.45, 2.75) is 49.4 Å². The van der Waals surface area contributed by atoms with Crippen LogP contribution in [0, 0.1) is 6.92 Å². The number of amides is 1. The molecule has 1 aliphatic heterocycles. The number of benzene rings is 2. The molecule has 1 aliphatic rings. The van der Waals surface area contributed by atoms with Crippen molar-refractivity contribution in [2.24, 2.45) is 0 Å². The van der Waals surface area contributed by atoms with E-state index in [0.717, 1.165) is 29.1 Å². The lowest BCUT2D eigenvalue weighted by Crippen LogP contribution is -2.40. The molecule has 0 radical (unpaired) electrons. The predicted octanol–water partition coefficient (Wildman–Crippen LogP) is 2.51. The Labute approximate surface area is 208 Å². The van der Waals surface area contributed by atoms with Crippen molar-refractivity contribution in [1.29, 1.82) is 0 Å². The molecule has 0 bridgehead atoms. The summed E-state index contributed by atoms with van der Waals surface area (Å²) in [6, 6.07) is 11.3. The number of rotatable bonds is 10. The van der Waals surface area contributed by atoms with Crippen LogP contribution in [0.3, 0.4) is 0 Å². The maximum absolute atomic E-state index is 13.2. The lowest BCUT2D eigenvalue weighted by molar-refractivity contribution is -0.121. The van der Waals surface area contributed by atoms with Crippen LogP contribution in [0.25, 0.3) is 0 Å². The molecular weight excluding hydrogens is 490 g/mol. The lowest BCUT2D eigenvalue weighted by Gasteiger charge is -2.25. The van der Waals surface area contributed by atoms with Crippen molar-refractivity contribution >= 4 is 26.0 Å². The molecule has 1 amide bonds. The molecule has 3 rings (SSSR count). The minimum atomic E-state index is -3.95. The van der Waals surface area contributed by atoms with Gasteiger partial charge in [0.1, 0.15) is 10.6 Å². The van der Waals surface area contributed by atoms with Gasteiger partial charge in [-0.25, -0.2) is 16.8 Å². The number of carbonyl (C=O) groups is 1. The van der Waals surface area contributed by atoms with Crippen molar-refractivity contribution in [1.82, 2.24) is 13.9 Å². The summed E-state index contributed by atoms with van der Waals surface area (Å²) in [6.07, 6.45) is 2.77. The van der Waals surface area contributed by atoms with Gasteiger partial charge in [-0.2, -0.15) is 8.61 Å². The van der Waals surface area contributed by atoms with Gasteiger partial charge in [-0.3, -0.25) is 4.79 Å². The second-order valence-corrected chi connectivity index (χ2v) is 12.3. The number of ether oxygens (including phenoxy) is 1. The summed E-state index contributed by atoms with van der Waals surface area (Å²) < 4.78 is 59.7. The average molecular weight is 524 g/mol. The van der Waals surface area contributed by atoms with E-state index in [1.54, 1.807) is 38.1 Å². The highest BCUT2D eigenvalue weighted by Crippen LogP contribution is 2.27. The number of methoxy groups -OCH3 is 1. The van der Waals surface area contributed by atoms with Crippen molar-refractivity contribution in [3.8, 4) is 5.75 Å². The smallest absolute Gasteiger partial charge is 0.247 e. The van der Waals surface area contributed by atoms with Crippen LogP contribution < -0.4 is 10.1 Å². The highest BCUT2D eigenvalue weighted by atomic mass is 32.2. The van der Waals surface area contributed by atoms with E-state index in [2.05, 4.69) is 5.32 Å². The van der Waals surface area contributed by atoms with Crippen LogP contribution in [0.2, 0.25) is 0 Å². The fourth-order valence-corrected chi connectivity index (χ4v) is 7.10. The van der Waals surface area contributed by atoms with E-state index in [9.17, 15) is 21.6 Å². The number of hydrogen-bond acceptors (Lipinski definition) is 6. The number of nitrogens with one attached hydrogen (secondary N) is 1. The van der Waals surface area contributed by atoms with Crippen LogP contribution in [0.15, 0.2) is 52.3 Å². The SMILES string of the molecule is CCN(CC(=O)NCc1ccc(S(=O)(=O)N2CCCCC2)cc1)S(=O)(=O)c1cc(C)ccc1OC. The molecule has 11 heteroatoms. The molecule has 9 nitrogen and oxygen atoms in total. The zero-order valence-electron chi connectivity index (χ0n) is 20.4. The van der Waals surface area contributed by atoms with E-state index in [1.807, 2.05) is 0 Å². The van der Waals surface area contributed by atoms with E-state index in [4.69, 9.17) is 4.74 Å². The molecule has 1 N–H and O–H groups in total. The third-order valence-electron chi connectivity index (χ3n) is 5.98. The first-order chi connectivity index (χ1) is 16.6. The molecular formula is C24H33N3O6S2. The van der Waals surface area contributed by atoms with Crippen molar-refractivity contribution < 1.29 is 26.4 Å². The minimum Gasteiger partial charge on any atom is -0.495 e. The van der Waals surface area contributed by atoms with Crippen LogP contribution in [0.1, 0.15) is 37.3 Å². The second kappa shape index (κ2) is 11.5. The summed E-state index contributed by atoms with van der Waals surface area (Å²) in [4.78, 5) is 12.8. The number of sulfonamides is 2. The number of carbonyl (C=O) groups excluding carboxylic acids is 1. The molecule has 1 saturated heterocycles. The van der Waals surface area contributed by atoms with Crippen LogP contribution in [0.4, 0.5) is 0 Å². The number of hydrogen-bond donors (Lipinski definition) is 1. The Hall–Kier alpha value is -2.47. The zero-order valence-corrected chi connectivity index (χ0v) is 22.0. The van der Waals surface area contributed by atoms with Gasteiger partial charge in [0.25, 0.3) is 0 Å². The van der Waals surface area contributed by atoms with Gasteiger partial charge < -0.3 is 10.1 Å². The second-order valence-electron chi connectivity index (χ2n) is 8.47. The van der Waals surface area contributed by atoms with Gasteiger partial charge in [0, 0.05) is 26.2 Å². The molecule has 1 heterocycles. The lowest BCUT2D eigenvalue weighted by atomic mass is 10.2. The molecule has 0 aliphatic carbocycles. The molecule has 0 saturated carbocycles. The molecule has 2 aromatic carbocycles. The van der Waals surface area contributed by atoms with Gasteiger partial charge in [-0.15, -0.1) is 0 Å². The van der Waals surface area contributed by atoms with E-state index < -0.39 is 26.0 Å². The number of nitrogens with zero attached hydrogens (tertiary/aromatic N) is 2. The van der Waals surface area contributed by atoms with Gasteiger partial charge in [-0.1, -0.05) is 31.5 Å². The van der Waals surface area contributed by atoms with Crippen molar-refractivity contribution in [3.05, 3.63) is 53.6 Å². The Morgan fingerprint density at radius 2 is 1.69 bits per heavy atom. The Balaban J connectivity index is 1.63. The van der Waals surface area contributed by atoms with Gasteiger partial charge in [0.2, 0.25) is 26.0 Å². The van der Waals surface area contributed by atoms with Crippen LogP contribution in [-0.2, 0) is 31.4 Å². The maximum atomic E-state index is 13.2. The summed E-state index contributed by atoms with van der Waals surface area (Å²) >= 11 is 0. The topological polar surface area (TPSA) is 113 Å². The first-order valence-corrected chi connectivity index (χ1v) is 14.5. The Bertz CT molecular complexity index is 1240. The monoisotopic (exact) mass is 523 g/mol. The summed E-state index contributed by atoms with van der Waals surface area (Å²) in [5, 5.41) is 2.71. The van der Waals surface area contributed by atoms with Gasteiger partial charge in [0.15, 0.2) is 0 Å². The van der Waals surface area contributed by atoms with Crippen molar-refractivity contribution in [3.63, 3.8) is 0 Å². The molecule has 0 unspecified atom stereocenters. The quantitative estimate of drug-likeness (QED) is 0.512. The molecule has 192 valence electrons. The van der Waals surface area contributed by atoms with Crippen LogP contribution in [0.5, 0.6) is 5.75 Å².